The lowest BCUT2D eigenvalue weighted by Crippen LogP contribution is -2.15. The number of aromatic nitrogens is 4. The maximum absolute atomic E-state index is 13.3. The number of primary amides is 1. The molecule has 0 aliphatic heterocycles. The molecule has 12 heteroatoms. The third-order valence-electron chi connectivity index (χ3n) is 3.22. The minimum atomic E-state index is -4.68. The van der Waals surface area contributed by atoms with Gasteiger partial charge in [0, 0.05) is 19.4 Å². The molecule has 3 heterocycles. The van der Waals surface area contributed by atoms with Crippen LogP contribution >= 0.6 is 11.3 Å². The lowest BCUT2D eigenvalue weighted by atomic mass is 10.2. The first-order chi connectivity index (χ1) is 12.2. The fourth-order valence-electron chi connectivity index (χ4n) is 2.07. The Hall–Kier alpha value is -3.15. The van der Waals surface area contributed by atoms with Crippen LogP contribution in [0.5, 0.6) is 0 Å². The number of carbonyl (C=O) groups excluding carboxylic acids is 1. The second-order valence-corrected chi connectivity index (χ2v) is 6.05. The van der Waals surface area contributed by atoms with E-state index in [1.807, 2.05) is 0 Å². The van der Waals surface area contributed by atoms with Crippen molar-refractivity contribution >= 4 is 39.7 Å². The maximum Gasteiger partial charge on any atom is 0.421 e. The third-order valence-corrected chi connectivity index (χ3v) is 4.05. The molecule has 1 amide bonds. The van der Waals surface area contributed by atoms with Gasteiger partial charge in [-0.3, -0.25) is 9.48 Å². The molecule has 3 rings (SSSR count). The van der Waals surface area contributed by atoms with Gasteiger partial charge in [0.25, 0.3) is 5.91 Å². The van der Waals surface area contributed by atoms with Crippen molar-refractivity contribution in [1.82, 2.24) is 19.7 Å². The van der Waals surface area contributed by atoms with E-state index in [2.05, 4.69) is 25.7 Å². The van der Waals surface area contributed by atoms with E-state index in [1.165, 1.54) is 22.3 Å². The second kappa shape index (κ2) is 6.63. The molecule has 0 saturated heterocycles. The van der Waals surface area contributed by atoms with E-state index < -0.39 is 23.5 Å². The summed E-state index contributed by atoms with van der Waals surface area (Å²) in [5.74, 6) is -1.32. The molecular weight excluding hydrogens is 371 g/mol. The first-order valence-electron chi connectivity index (χ1n) is 7.08. The van der Waals surface area contributed by atoms with Crippen LogP contribution in [0.2, 0.25) is 0 Å². The quantitative estimate of drug-likeness (QED) is 0.625. The second-order valence-electron chi connectivity index (χ2n) is 5.13. The number of hydrogen-bond donors (Lipinski definition) is 3. The van der Waals surface area contributed by atoms with Crippen molar-refractivity contribution in [1.29, 1.82) is 0 Å². The Balaban J connectivity index is 1.98. The topological polar surface area (TPSA) is 111 Å². The number of halogens is 3. The van der Waals surface area contributed by atoms with Crippen LogP contribution in [0.4, 0.5) is 35.6 Å². The summed E-state index contributed by atoms with van der Waals surface area (Å²) in [6.45, 7) is 0. The zero-order chi connectivity index (χ0) is 18.9. The number of hydrogen-bond acceptors (Lipinski definition) is 7. The molecule has 0 bridgehead atoms. The van der Waals surface area contributed by atoms with E-state index in [0.717, 1.165) is 11.3 Å². The molecule has 0 radical (unpaired) electrons. The van der Waals surface area contributed by atoms with E-state index in [1.54, 1.807) is 13.2 Å². The van der Waals surface area contributed by atoms with Crippen molar-refractivity contribution < 1.29 is 18.0 Å². The summed E-state index contributed by atoms with van der Waals surface area (Å²) in [7, 11) is 1.69. The van der Waals surface area contributed by atoms with Crippen LogP contribution in [0, 0.1) is 0 Å². The predicted molar refractivity (Wildman–Crippen MR) is 89.6 cm³/mol. The molecule has 3 aromatic rings. The average molecular weight is 383 g/mol. The smallest absolute Gasteiger partial charge is 0.366 e. The lowest BCUT2D eigenvalue weighted by Gasteiger charge is -2.14. The van der Waals surface area contributed by atoms with Gasteiger partial charge in [-0.2, -0.15) is 23.3 Å². The number of aryl methyl sites for hydroxylation is 1. The largest absolute Gasteiger partial charge is 0.421 e. The zero-order valence-corrected chi connectivity index (χ0v) is 14.0. The Bertz CT molecular complexity index is 950. The molecule has 0 aliphatic rings. The van der Waals surface area contributed by atoms with Crippen LogP contribution in [-0.4, -0.2) is 25.7 Å². The van der Waals surface area contributed by atoms with Gasteiger partial charge in [0.15, 0.2) is 0 Å². The minimum absolute atomic E-state index is 0.0642. The van der Waals surface area contributed by atoms with Crippen molar-refractivity contribution in [3.05, 3.63) is 41.2 Å². The SMILES string of the molecule is Cn1cc(Nc2ncc(C(F)(F)F)c(Nc3sccc3C(N)=O)n2)cn1. The highest BCUT2D eigenvalue weighted by Gasteiger charge is 2.35. The Kier molecular flexibility index (Phi) is 4.50. The highest BCUT2D eigenvalue weighted by molar-refractivity contribution is 7.14. The molecule has 26 heavy (non-hydrogen) atoms. The molecule has 136 valence electrons. The monoisotopic (exact) mass is 383 g/mol. The standard InChI is InChI=1S/C14H12F3N7OS/c1-24-6-7(4-20-24)21-13-19-5-9(14(15,16)17)11(23-13)22-12-8(10(18)25)2-3-26-12/h2-6H,1H3,(H2,18,25)(H2,19,21,22,23). The first kappa shape index (κ1) is 17.7. The molecule has 0 spiro atoms. The fraction of sp³-hybridized carbons (Fsp3) is 0.143. The number of nitrogens with zero attached hydrogens (tertiary/aromatic N) is 4. The fourth-order valence-corrected chi connectivity index (χ4v) is 2.86. The van der Waals surface area contributed by atoms with Crippen molar-refractivity contribution in [3.8, 4) is 0 Å². The van der Waals surface area contributed by atoms with Gasteiger partial charge in [0.2, 0.25) is 5.95 Å². The van der Waals surface area contributed by atoms with Gasteiger partial charge in [-0.15, -0.1) is 11.3 Å². The Morgan fingerprint density at radius 2 is 2.08 bits per heavy atom. The van der Waals surface area contributed by atoms with Gasteiger partial charge in [-0.1, -0.05) is 0 Å². The van der Waals surface area contributed by atoms with Crippen LogP contribution in [0.15, 0.2) is 30.0 Å². The number of alkyl halides is 3. The number of amides is 1. The summed E-state index contributed by atoms with van der Waals surface area (Å²) in [4.78, 5) is 19.0. The number of nitrogens with two attached hydrogens (primary N) is 1. The minimum Gasteiger partial charge on any atom is -0.366 e. The molecule has 3 aromatic heterocycles. The number of anilines is 4. The lowest BCUT2D eigenvalue weighted by molar-refractivity contribution is -0.137. The van der Waals surface area contributed by atoms with Gasteiger partial charge < -0.3 is 16.4 Å². The van der Waals surface area contributed by atoms with Crippen molar-refractivity contribution in [2.75, 3.05) is 10.6 Å². The van der Waals surface area contributed by atoms with Crippen LogP contribution < -0.4 is 16.4 Å². The number of nitrogens with one attached hydrogen (secondary N) is 2. The van der Waals surface area contributed by atoms with E-state index in [-0.39, 0.29) is 16.5 Å². The molecule has 0 fully saturated rings. The van der Waals surface area contributed by atoms with Gasteiger partial charge in [-0.05, 0) is 11.4 Å². The van der Waals surface area contributed by atoms with E-state index in [0.29, 0.717) is 11.9 Å². The Morgan fingerprint density at radius 3 is 2.69 bits per heavy atom. The summed E-state index contributed by atoms with van der Waals surface area (Å²) in [5.41, 5.74) is 4.73. The number of thiophene rings is 1. The highest BCUT2D eigenvalue weighted by Crippen LogP contribution is 2.36. The van der Waals surface area contributed by atoms with Gasteiger partial charge in [0.1, 0.15) is 16.4 Å². The van der Waals surface area contributed by atoms with Crippen LogP contribution in [0.3, 0.4) is 0 Å². The van der Waals surface area contributed by atoms with E-state index in [4.69, 9.17) is 5.73 Å². The summed E-state index contributed by atoms with van der Waals surface area (Å²) < 4.78 is 41.3. The summed E-state index contributed by atoms with van der Waals surface area (Å²) in [6, 6.07) is 1.42. The molecule has 0 unspecified atom stereocenters. The molecule has 8 nitrogen and oxygen atoms in total. The average Bonchev–Trinajstić information content (AvgIpc) is 3.15. The molecule has 0 aliphatic carbocycles. The van der Waals surface area contributed by atoms with Crippen molar-refractivity contribution in [2.45, 2.75) is 6.18 Å². The van der Waals surface area contributed by atoms with Crippen LogP contribution in [0.25, 0.3) is 0 Å². The van der Waals surface area contributed by atoms with E-state index in [9.17, 15) is 18.0 Å². The predicted octanol–water partition coefficient (Wildman–Crippen LogP) is 2.88. The Morgan fingerprint density at radius 1 is 1.31 bits per heavy atom. The molecule has 0 atom stereocenters. The molecule has 0 saturated carbocycles. The Labute approximate surface area is 148 Å². The number of carbonyl (C=O) groups is 1. The highest BCUT2D eigenvalue weighted by atomic mass is 32.1. The molecular formula is C14H12F3N7OS. The molecule has 4 N–H and O–H groups in total. The summed E-state index contributed by atoms with van der Waals surface area (Å²) in [5, 5.41) is 10.9. The first-order valence-corrected chi connectivity index (χ1v) is 7.96. The van der Waals surface area contributed by atoms with Gasteiger partial charge >= 0.3 is 6.18 Å². The third kappa shape index (κ3) is 3.74. The summed E-state index contributed by atoms with van der Waals surface area (Å²) in [6.07, 6.45) is -0.942. The van der Waals surface area contributed by atoms with Crippen LogP contribution in [0.1, 0.15) is 15.9 Å². The van der Waals surface area contributed by atoms with Gasteiger partial charge in [0.05, 0.1) is 17.4 Å². The van der Waals surface area contributed by atoms with E-state index >= 15 is 0 Å². The molecule has 0 aromatic carbocycles. The normalized spacial score (nSPS) is 11.4. The van der Waals surface area contributed by atoms with Crippen molar-refractivity contribution in [2.24, 2.45) is 12.8 Å². The van der Waals surface area contributed by atoms with Crippen molar-refractivity contribution in [3.63, 3.8) is 0 Å². The number of rotatable bonds is 5. The van der Waals surface area contributed by atoms with Gasteiger partial charge in [-0.25, -0.2) is 4.98 Å². The summed E-state index contributed by atoms with van der Waals surface area (Å²) >= 11 is 1.03. The maximum atomic E-state index is 13.3. The van der Waals surface area contributed by atoms with Crippen LogP contribution in [-0.2, 0) is 13.2 Å². The zero-order valence-electron chi connectivity index (χ0n) is 13.2.